The molecule has 0 unspecified atom stereocenters. The number of carbonyl (C=O) groups is 1. The number of thioether (sulfide) groups is 1. The predicted octanol–water partition coefficient (Wildman–Crippen LogP) is 3.66. The number of nitrogens with zero attached hydrogens (tertiary/aromatic N) is 3. The van der Waals surface area contributed by atoms with Gasteiger partial charge >= 0.3 is 5.69 Å². The molecule has 0 radical (unpaired) electrons. The maximum atomic E-state index is 12.5. The van der Waals surface area contributed by atoms with E-state index in [-0.39, 0.29) is 11.6 Å². The molecule has 2 aromatic carbocycles. The Bertz CT molecular complexity index is 1210. The van der Waals surface area contributed by atoms with Crippen molar-refractivity contribution in [3.8, 4) is 0 Å². The molecule has 0 aliphatic heterocycles. The van der Waals surface area contributed by atoms with Gasteiger partial charge in [-0.05, 0) is 53.8 Å². The Morgan fingerprint density at radius 1 is 1.03 bits per heavy atom. The number of benzene rings is 2. The normalized spacial score (nSPS) is 10.9. The van der Waals surface area contributed by atoms with Crippen LogP contribution in [-0.4, -0.2) is 26.3 Å². The van der Waals surface area contributed by atoms with Gasteiger partial charge in [0.05, 0.1) is 6.54 Å². The lowest BCUT2D eigenvalue weighted by Gasteiger charge is -2.08. The molecule has 4 rings (SSSR count). The monoisotopic (exact) mass is 404 g/mol. The fraction of sp³-hybridized carbons (Fsp3) is 0.136. The number of pyridine rings is 1. The molecular formula is C22H20N4O2S. The Morgan fingerprint density at radius 2 is 1.86 bits per heavy atom. The van der Waals surface area contributed by atoms with Gasteiger partial charge in [0.15, 0.2) is 5.65 Å². The van der Waals surface area contributed by atoms with Gasteiger partial charge in [-0.2, -0.15) is 11.8 Å². The number of aromatic nitrogens is 3. The van der Waals surface area contributed by atoms with Gasteiger partial charge in [-0.15, -0.1) is 5.10 Å². The Labute approximate surface area is 172 Å². The molecule has 6 nitrogen and oxygen atoms in total. The Hall–Kier alpha value is -3.32. The third kappa shape index (κ3) is 4.25. The largest absolute Gasteiger partial charge is 0.350 e. The molecule has 0 saturated carbocycles. The first-order valence-electron chi connectivity index (χ1n) is 9.16. The first kappa shape index (κ1) is 19.0. The van der Waals surface area contributed by atoms with Crippen LogP contribution in [0.1, 0.15) is 21.5 Å². The van der Waals surface area contributed by atoms with Gasteiger partial charge in [-0.1, -0.05) is 30.3 Å². The third-order valence-electron chi connectivity index (χ3n) is 4.53. The standard InChI is InChI=1S/C22H20N4O2S/c1-29-15-16-8-10-18(11-9-16)21(27)23-19-6-4-5-17(13-19)14-26-22(28)25-12-3-2-7-20(25)24-26/h2-13H,14-15H2,1H3,(H,23,27). The summed E-state index contributed by atoms with van der Waals surface area (Å²) in [5.41, 5.74) is 3.76. The van der Waals surface area contributed by atoms with E-state index in [4.69, 9.17) is 0 Å². The topological polar surface area (TPSA) is 68.4 Å². The zero-order valence-electron chi connectivity index (χ0n) is 15.9. The number of hydrogen-bond acceptors (Lipinski definition) is 4. The molecule has 2 aromatic heterocycles. The SMILES string of the molecule is CSCc1ccc(C(=O)Nc2cccc(Cn3nc4ccccn4c3=O)c2)cc1. The minimum atomic E-state index is -0.194. The lowest BCUT2D eigenvalue weighted by Crippen LogP contribution is -2.21. The van der Waals surface area contributed by atoms with Crippen LogP contribution in [-0.2, 0) is 12.3 Å². The Balaban J connectivity index is 1.50. The van der Waals surface area contributed by atoms with Crippen LogP contribution in [0.15, 0.2) is 77.7 Å². The van der Waals surface area contributed by atoms with Crippen LogP contribution in [0, 0.1) is 0 Å². The second-order valence-corrected chi connectivity index (χ2v) is 7.52. The highest BCUT2D eigenvalue weighted by Crippen LogP contribution is 2.15. The first-order valence-corrected chi connectivity index (χ1v) is 10.6. The Kier molecular flexibility index (Phi) is 5.48. The zero-order chi connectivity index (χ0) is 20.2. The quantitative estimate of drug-likeness (QED) is 0.533. The summed E-state index contributed by atoms with van der Waals surface area (Å²) in [6.07, 6.45) is 3.75. The minimum Gasteiger partial charge on any atom is -0.322 e. The van der Waals surface area contributed by atoms with Crippen molar-refractivity contribution in [2.75, 3.05) is 11.6 Å². The van der Waals surface area contributed by atoms with Gasteiger partial charge in [0.25, 0.3) is 5.91 Å². The van der Waals surface area contributed by atoms with Crippen molar-refractivity contribution in [1.82, 2.24) is 14.2 Å². The molecule has 0 saturated heterocycles. The maximum Gasteiger partial charge on any atom is 0.350 e. The Morgan fingerprint density at radius 3 is 2.62 bits per heavy atom. The van der Waals surface area contributed by atoms with Crippen LogP contribution in [0.5, 0.6) is 0 Å². The van der Waals surface area contributed by atoms with Crippen LogP contribution < -0.4 is 11.0 Å². The van der Waals surface area contributed by atoms with Crippen LogP contribution in [0.4, 0.5) is 5.69 Å². The van der Waals surface area contributed by atoms with Crippen molar-refractivity contribution in [2.24, 2.45) is 0 Å². The molecule has 0 bridgehead atoms. The molecule has 0 fully saturated rings. The summed E-state index contributed by atoms with van der Waals surface area (Å²) in [5.74, 6) is 0.759. The number of rotatable bonds is 6. The van der Waals surface area contributed by atoms with Gasteiger partial charge in [-0.25, -0.2) is 9.48 Å². The molecule has 4 aromatic rings. The minimum absolute atomic E-state index is 0.164. The van der Waals surface area contributed by atoms with Crippen LogP contribution >= 0.6 is 11.8 Å². The van der Waals surface area contributed by atoms with Gasteiger partial charge in [0.2, 0.25) is 0 Å². The fourth-order valence-corrected chi connectivity index (χ4v) is 3.64. The van der Waals surface area contributed by atoms with E-state index in [2.05, 4.69) is 10.4 Å². The zero-order valence-corrected chi connectivity index (χ0v) is 16.7. The third-order valence-corrected chi connectivity index (χ3v) is 5.15. The number of hydrogen-bond donors (Lipinski definition) is 1. The van der Waals surface area contributed by atoms with E-state index < -0.39 is 0 Å². The number of amides is 1. The van der Waals surface area contributed by atoms with Gasteiger partial charge < -0.3 is 5.32 Å². The van der Waals surface area contributed by atoms with Crippen LogP contribution in [0.2, 0.25) is 0 Å². The summed E-state index contributed by atoms with van der Waals surface area (Å²) < 4.78 is 2.92. The molecule has 0 aliphatic carbocycles. The second kappa shape index (κ2) is 8.36. The highest BCUT2D eigenvalue weighted by molar-refractivity contribution is 7.97. The van der Waals surface area contributed by atoms with Crippen molar-refractivity contribution in [3.63, 3.8) is 0 Å². The predicted molar refractivity (Wildman–Crippen MR) is 117 cm³/mol. The lowest BCUT2D eigenvalue weighted by molar-refractivity contribution is 0.102. The average Bonchev–Trinajstić information content (AvgIpc) is 3.05. The molecule has 7 heteroatoms. The molecule has 146 valence electrons. The van der Waals surface area contributed by atoms with E-state index in [1.807, 2.05) is 60.9 Å². The molecule has 1 amide bonds. The van der Waals surface area contributed by atoms with E-state index >= 15 is 0 Å². The van der Waals surface area contributed by atoms with E-state index in [9.17, 15) is 9.59 Å². The van der Waals surface area contributed by atoms with Crippen molar-refractivity contribution < 1.29 is 4.79 Å². The van der Waals surface area contributed by atoms with E-state index in [0.717, 1.165) is 11.3 Å². The molecule has 2 heterocycles. The molecule has 1 N–H and O–H groups in total. The number of nitrogens with one attached hydrogen (secondary N) is 1. The van der Waals surface area contributed by atoms with Gasteiger partial charge in [-0.3, -0.25) is 9.20 Å². The van der Waals surface area contributed by atoms with Crippen molar-refractivity contribution in [1.29, 1.82) is 0 Å². The molecular weight excluding hydrogens is 384 g/mol. The molecule has 0 aliphatic rings. The summed E-state index contributed by atoms with van der Waals surface area (Å²) in [6, 6.07) is 20.5. The van der Waals surface area contributed by atoms with Gasteiger partial charge in [0, 0.05) is 23.2 Å². The molecule has 0 spiro atoms. The summed E-state index contributed by atoms with van der Waals surface area (Å²) in [7, 11) is 0. The smallest absolute Gasteiger partial charge is 0.322 e. The van der Waals surface area contributed by atoms with E-state index in [0.29, 0.717) is 23.4 Å². The van der Waals surface area contributed by atoms with Crippen molar-refractivity contribution >= 4 is 29.0 Å². The van der Waals surface area contributed by atoms with Crippen LogP contribution in [0.3, 0.4) is 0 Å². The summed E-state index contributed by atoms with van der Waals surface area (Å²) in [6.45, 7) is 0.327. The molecule has 29 heavy (non-hydrogen) atoms. The number of fused-ring (bicyclic) bond motifs is 1. The van der Waals surface area contributed by atoms with E-state index in [1.54, 1.807) is 30.1 Å². The highest BCUT2D eigenvalue weighted by atomic mass is 32.2. The number of carbonyl (C=O) groups excluding carboxylic acids is 1. The summed E-state index contributed by atoms with van der Waals surface area (Å²) in [4.78, 5) is 25.0. The summed E-state index contributed by atoms with van der Waals surface area (Å²) in [5, 5.41) is 7.27. The van der Waals surface area contributed by atoms with Crippen molar-refractivity contribution in [3.05, 3.63) is 100 Å². The summed E-state index contributed by atoms with van der Waals surface area (Å²) >= 11 is 1.74. The maximum absolute atomic E-state index is 12.5. The van der Waals surface area contributed by atoms with E-state index in [1.165, 1.54) is 14.6 Å². The van der Waals surface area contributed by atoms with Crippen molar-refractivity contribution in [2.45, 2.75) is 12.3 Å². The molecule has 0 atom stereocenters. The number of anilines is 1. The fourth-order valence-electron chi connectivity index (χ4n) is 3.11. The lowest BCUT2D eigenvalue weighted by atomic mass is 10.1. The second-order valence-electron chi connectivity index (χ2n) is 6.65. The average molecular weight is 404 g/mol. The van der Waals surface area contributed by atoms with Crippen LogP contribution in [0.25, 0.3) is 5.65 Å². The van der Waals surface area contributed by atoms with Gasteiger partial charge in [0.1, 0.15) is 0 Å². The first-order chi connectivity index (χ1) is 14.1. The highest BCUT2D eigenvalue weighted by Gasteiger charge is 2.09.